The molecule has 0 saturated carbocycles. The van der Waals surface area contributed by atoms with Crippen molar-refractivity contribution in [3.05, 3.63) is 48.0 Å². The minimum atomic E-state index is -3.68. The Hall–Kier alpha value is -2.21. The minimum Gasteiger partial charge on any atom is -0.508 e. The van der Waals surface area contributed by atoms with Gasteiger partial charge in [-0.2, -0.15) is 0 Å². The van der Waals surface area contributed by atoms with Crippen molar-refractivity contribution < 1.29 is 18.6 Å². The molecule has 0 heterocycles. The second kappa shape index (κ2) is 6.50. The Morgan fingerprint density at radius 1 is 1.00 bits per heavy atom. The summed E-state index contributed by atoms with van der Waals surface area (Å²) in [5, 5.41) is 21.5. The lowest BCUT2D eigenvalue weighted by Gasteiger charge is -2.24. The van der Waals surface area contributed by atoms with Crippen LogP contribution in [0.3, 0.4) is 0 Å². The minimum absolute atomic E-state index is 0.00864. The standard InChI is InChI=1S/C17H21NO4S/c1-11(2)17(18-15-6-4-5-12(3)16(15)20)23(21,22)14-9-7-13(19)8-10-14/h4-11,17-20H,1-3H3/t17-/m0/s1. The first-order chi connectivity index (χ1) is 10.7. The van der Waals surface area contributed by atoms with Gasteiger partial charge in [0, 0.05) is 0 Å². The number of aryl methyl sites for hydroxylation is 1. The molecular formula is C17H21NO4S. The molecule has 2 aromatic carbocycles. The van der Waals surface area contributed by atoms with E-state index in [-0.39, 0.29) is 22.3 Å². The Morgan fingerprint density at radius 2 is 1.61 bits per heavy atom. The van der Waals surface area contributed by atoms with Gasteiger partial charge in [0.25, 0.3) is 0 Å². The maximum atomic E-state index is 12.9. The van der Waals surface area contributed by atoms with Gasteiger partial charge in [0.05, 0.1) is 10.6 Å². The summed E-state index contributed by atoms with van der Waals surface area (Å²) < 4.78 is 25.7. The number of anilines is 1. The lowest BCUT2D eigenvalue weighted by atomic mass is 10.1. The zero-order valence-electron chi connectivity index (χ0n) is 13.3. The van der Waals surface area contributed by atoms with E-state index < -0.39 is 15.2 Å². The predicted octanol–water partition coefficient (Wildman–Crippen LogP) is 3.27. The molecule has 3 N–H and O–H groups in total. The van der Waals surface area contributed by atoms with Crippen LogP contribution in [0.1, 0.15) is 19.4 Å². The van der Waals surface area contributed by atoms with Gasteiger partial charge in [0.2, 0.25) is 0 Å². The number of sulfone groups is 1. The van der Waals surface area contributed by atoms with Crippen LogP contribution in [0.25, 0.3) is 0 Å². The van der Waals surface area contributed by atoms with E-state index in [1.54, 1.807) is 39.0 Å². The molecule has 0 saturated heterocycles. The third-order valence-electron chi connectivity index (χ3n) is 3.64. The van der Waals surface area contributed by atoms with Crippen LogP contribution in [-0.2, 0) is 9.84 Å². The monoisotopic (exact) mass is 335 g/mol. The number of phenolic OH excluding ortho intramolecular Hbond substituents is 2. The molecule has 2 aromatic rings. The number of aromatic hydroxyl groups is 2. The molecule has 0 bridgehead atoms. The summed E-state index contributed by atoms with van der Waals surface area (Å²) >= 11 is 0. The molecule has 0 fully saturated rings. The Labute approximate surface area is 136 Å². The highest BCUT2D eigenvalue weighted by Gasteiger charge is 2.31. The highest BCUT2D eigenvalue weighted by molar-refractivity contribution is 7.92. The molecule has 2 rings (SSSR count). The molecule has 0 aliphatic rings. The normalized spacial score (nSPS) is 13.0. The zero-order chi connectivity index (χ0) is 17.2. The summed E-state index contributed by atoms with van der Waals surface area (Å²) in [4.78, 5) is 0.119. The van der Waals surface area contributed by atoms with Crippen LogP contribution in [0.2, 0.25) is 0 Å². The number of benzene rings is 2. The Balaban J connectivity index is 2.42. The van der Waals surface area contributed by atoms with Crippen molar-refractivity contribution in [1.82, 2.24) is 0 Å². The van der Waals surface area contributed by atoms with Crippen LogP contribution in [0.15, 0.2) is 47.4 Å². The molecule has 0 radical (unpaired) electrons. The first-order valence-corrected chi connectivity index (χ1v) is 8.86. The SMILES string of the molecule is Cc1cccc(N[C@H](C(C)C)S(=O)(=O)c2ccc(O)cc2)c1O. The molecule has 1 atom stereocenters. The summed E-state index contributed by atoms with van der Waals surface area (Å²) in [5.74, 6) is -0.179. The van der Waals surface area contributed by atoms with Crippen molar-refractivity contribution in [3.8, 4) is 11.5 Å². The lowest BCUT2D eigenvalue weighted by molar-refractivity contribution is 0.471. The summed E-state index contributed by atoms with van der Waals surface area (Å²) in [7, 11) is -3.68. The van der Waals surface area contributed by atoms with Crippen LogP contribution < -0.4 is 5.32 Å². The summed E-state index contributed by atoms with van der Waals surface area (Å²) in [6, 6.07) is 10.6. The molecule has 124 valence electrons. The van der Waals surface area contributed by atoms with Gasteiger partial charge in [0.1, 0.15) is 16.9 Å². The van der Waals surface area contributed by atoms with Gasteiger partial charge in [-0.05, 0) is 48.7 Å². The molecule has 0 aromatic heterocycles. The average Bonchev–Trinajstić information content (AvgIpc) is 2.48. The molecule has 23 heavy (non-hydrogen) atoms. The molecular weight excluding hydrogens is 314 g/mol. The highest BCUT2D eigenvalue weighted by Crippen LogP contribution is 2.31. The summed E-state index contributed by atoms with van der Waals surface area (Å²) in [5.41, 5.74) is 1.05. The molecule has 0 spiro atoms. The largest absolute Gasteiger partial charge is 0.508 e. The molecule has 0 unspecified atom stereocenters. The van der Waals surface area contributed by atoms with Crippen molar-refractivity contribution in [3.63, 3.8) is 0 Å². The van der Waals surface area contributed by atoms with E-state index in [1.165, 1.54) is 24.3 Å². The van der Waals surface area contributed by atoms with E-state index in [1.807, 2.05) is 0 Å². The van der Waals surface area contributed by atoms with Crippen LogP contribution in [0.5, 0.6) is 11.5 Å². The van der Waals surface area contributed by atoms with Crippen molar-refractivity contribution >= 4 is 15.5 Å². The number of hydrogen-bond donors (Lipinski definition) is 3. The molecule has 0 aliphatic carbocycles. The third kappa shape index (κ3) is 3.59. The third-order valence-corrected chi connectivity index (χ3v) is 5.90. The Morgan fingerprint density at radius 3 is 2.17 bits per heavy atom. The van der Waals surface area contributed by atoms with Gasteiger partial charge in [-0.15, -0.1) is 0 Å². The van der Waals surface area contributed by atoms with E-state index in [4.69, 9.17) is 0 Å². The highest BCUT2D eigenvalue weighted by atomic mass is 32.2. The maximum absolute atomic E-state index is 12.9. The van der Waals surface area contributed by atoms with Crippen LogP contribution >= 0.6 is 0 Å². The van der Waals surface area contributed by atoms with Crippen LogP contribution in [0, 0.1) is 12.8 Å². The lowest BCUT2D eigenvalue weighted by Crippen LogP contribution is -2.34. The van der Waals surface area contributed by atoms with E-state index in [2.05, 4.69) is 5.32 Å². The van der Waals surface area contributed by atoms with E-state index in [0.29, 0.717) is 11.3 Å². The van der Waals surface area contributed by atoms with Gasteiger partial charge in [-0.3, -0.25) is 0 Å². The average molecular weight is 335 g/mol. The second-order valence-corrected chi connectivity index (χ2v) is 7.89. The first-order valence-electron chi connectivity index (χ1n) is 7.31. The number of hydrogen-bond acceptors (Lipinski definition) is 5. The van der Waals surface area contributed by atoms with Crippen molar-refractivity contribution in [2.45, 2.75) is 31.0 Å². The molecule has 0 aliphatic heterocycles. The fourth-order valence-electron chi connectivity index (χ4n) is 2.31. The molecule has 6 heteroatoms. The van der Waals surface area contributed by atoms with Crippen molar-refractivity contribution in [2.24, 2.45) is 5.92 Å². The maximum Gasteiger partial charge on any atom is 0.199 e. The predicted molar refractivity (Wildman–Crippen MR) is 90.4 cm³/mol. The first kappa shape index (κ1) is 17.1. The fraction of sp³-hybridized carbons (Fsp3) is 0.294. The van der Waals surface area contributed by atoms with Crippen molar-refractivity contribution in [2.75, 3.05) is 5.32 Å². The second-order valence-electron chi connectivity index (χ2n) is 5.82. The zero-order valence-corrected chi connectivity index (χ0v) is 14.1. The Kier molecular flexibility index (Phi) is 4.85. The summed E-state index contributed by atoms with van der Waals surface area (Å²) in [6.45, 7) is 5.34. The van der Waals surface area contributed by atoms with Gasteiger partial charge < -0.3 is 15.5 Å². The van der Waals surface area contributed by atoms with E-state index in [9.17, 15) is 18.6 Å². The Bertz CT molecular complexity index is 783. The molecule has 5 nitrogen and oxygen atoms in total. The summed E-state index contributed by atoms with van der Waals surface area (Å²) in [6.07, 6.45) is 0. The number of phenols is 2. The smallest absolute Gasteiger partial charge is 0.199 e. The molecule has 0 amide bonds. The topological polar surface area (TPSA) is 86.6 Å². The van der Waals surface area contributed by atoms with E-state index >= 15 is 0 Å². The van der Waals surface area contributed by atoms with Crippen molar-refractivity contribution in [1.29, 1.82) is 0 Å². The van der Waals surface area contributed by atoms with Gasteiger partial charge >= 0.3 is 0 Å². The number of nitrogens with one attached hydrogen (secondary N) is 1. The van der Waals surface area contributed by atoms with Crippen LogP contribution in [0.4, 0.5) is 5.69 Å². The quantitative estimate of drug-likeness (QED) is 0.730. The number of para-hydroxylation sites is 1. The van der Waals surface area contributed by atoms with Gasteiger partial charge in [-0.1, -0.05) is 26.0 Å². The van der Waals surface area contributed by atoms with E-state index in [0.717, 1.165) is 0 Å². The van der Waals surface area contributed by atoms with Gasteiger partial charge in [0.15, 0.2) is 9.84 Å². The van der Waals surface area contributed by atoms with Gasteiger partial charge in [-0.25, -0.2) is 8.42 Å². The number of rotatable bonds is 5. The van der Waals surface area contributed by atoms with Crippen LogP contribution in [-0.4, -0.2) is 24.0 Å². The fourth-order valence-corrected chi connectivity index (χ4v) is 4.12.